The Hall–Kier alpha value is -1.14. The molecule has 0 radical (unpaired) electrons. The van der Waals surface area contributed by atoms with Crippen molar-refractivity contribution in [3.8, 4) is 0 Å². The van der Waals surface area contributed by atoms with Gasteiger partial charge in [0.15, 0.2) is 0 Å². The Morgan fingerprint density at radius 1 is 1.14 bits per heavy atom. The van der Waals surface area contributed by atoms with Gasteiger partial charge in [0.05, 0.1) is 16.6 Å². The maximum atomic E-state index is 12.0. The van der Waals surface area contributed by atoms with Gasteiger partial charge in [-0.1, -0.05) is 23.2 Å². The Bertz CT molecular complexity index is 532. The first kappa shape index (κ1) is 17.2. The monoisotopic (exact) mass is 343 g/mol. The van der Waals surface area contributed by atoms with Gasteiger partial charge in [-0.3, -0.25) is 9.69 Å². The highest BCUT2D eigenvalue weighted by molar-refractivity contribution is 6.42. The minimum Gasteiger partial charge on any atom is -0.325 e. The molecule has 1 aromatic rings. The van der Waals surface area contributed by atoms with E-state index in [1.54, 1.807) is 18.2 Å². The van der Waals surface area contributed by atoms with Crippen molar-refractivity contribution in [2.24, 2.45) is 0 Å². The van der Waals surface area contributed by atoms with Crippen molar-refractivity contribution in [1.82, 2.24) is 9.80 Å². The molecular formula is C15H19Cl2N3O2. The second kappa shape index (κ2) is 8.48. The van der Waals surface area contributed by atoms with Crippen molar-refractivity contribution in [3.05, 3.63) is 28.2 Å². The second-order valence-electron chi connectivity index (χ2n) is 5.25. The lowest BCUT2D eigenvalue weighted by molar-refractivity contribution is -0.117. The number of aldehydes is 1. The molecule has 0 saturated carbocycles. The zero-order chi connectivity index (χ0) is 15.9. The molecular weight excluding hydrogens is 325 g/mol. The summed E-state index contributed by atoms with van der Waals surface area (Å²) in [5, 5.41) is 3.70. The first-order valence-electron chi connectivity index (χ1n) is 7.21. The summed E-state index contributed by atoms with van der Waals surface area (Å²) in [4.78, 5) is 26.7. The summed E-state index contributed by atoms with van der Waals surface area (Å²) >= 11 is 11.8. The molecule has 1 fully saturated rings. The first-order valence-corrected chi connectivity index (χ1v) is 7.97. The molecule has 120 valence electrons. The largest absolute Gasteiger partial charge is 0.325 e. The third kappa shape index (κ3) is 5.25. The number of piperazine rings is 1. The van der Waals surface area contributed by atoms with Crippen LogP contribution in [0.25, 0.3) is 0 Å². The predicted molar refractivity (Wildman–Crippen MR) is 88.7 cm³/mol. The second-order valence-corrected chi connectivity index (χ2v) is 6.06. The third-order valence-corrected chi connectivity index (χ3v) is 4.34. The number of benzene rings is 1. The van der Waals surface area contributed by atoms with Crippen LogP contribution >= 0.6 is 23.2 Å². The standard InChI is InChI=1S/C15H19Cl2N3O2/c16-13-3-2-12(10-14(13)17)18-15(22)11-20-7-5-19(6-8-20)4-1-9-21/h2-3,9-10H,1,4-8,11H2,(H,18,22). The number of anilines is 1. The predicted octanol–water partition coefficient (Wildman–Crippen LogP) is 2.14. The van der Waals surface area contributed by atoms with Crippen LogP contribution in [0.1, 0.15) is 6.42 Å². The third-order valence-electron chi connectivity index (χ3n) is 3.60. The van der Waals surface area contributed by atoms with Crippen LogP contribution in [0.5, 0.6) is 0 Å². The van der Waals surface area contributed by atoms with Gasteiger partial charge in [-0.05, 0) is 18.2 Å². The lowest BCUT2D eigenvalue weighted by Crippen LogP contribution is -2.48. The lowest BCUT2D eigenvalue weighted by atomic mass is 10.3. The Balaban J connectivity index is 1.76. The molecule has 1 amide bonds. The van der Waals surface area contributed by atoms with E-state index in [0.717, 1.165) is 39.0 Å². The van der Waals surface area contributed by atoms with Gasteiger partial charge in [-0.15, -0.1) is 0 Å². The fourth-order valence-electron chi connectivity index (χ4n) is 2.38. The van der Waals surface area contributed by atoms with Crippen LogP contribution in [0, 0.1) is 0 Å². The fraction of sp³-hybridized carbons (Fsp3) is 0.467. The first-order chi connectivity index (χ1) is 10.6. The SMILES string of the molecule is O=CCCN1CCN(CC(=O)Nc2ccc(Cl)c(Cl)c2)CC1. The summed E-state index contributed by atoms with van der Waals surface area (Å²) in [6.45, 7) is 4.57. The molecule has 1 heterocycles. The molecule has 2 rings (SSSR count). The number of hydrogen-bond donors (Lipinski definition) is 1. The number of hydrogen-bond acceptors (Lipinski definition) is 4. The number of amides is 1. The number of nitrogens with zero attached hydrogens (tertiary/aromatic N) is 2. The maximum Gasteiger partial charge on any atom is 0.238 e. The molecule has 1 aromatic carbocycles. The Kier molecular flexibility index (Phi) is 6.64. The van der Waals surface area contributed by atoms with Gasteiger partial charge in [0, 0.05) is 44.8 Å². The van der Waals surface area contributed by atoms with E-state index in [4.69, 9.17) is 23.2 Å². The smallest absolute Gasteiger partial charge is 0.238 e. The molecule has 22 heavy (non-hydrogen) atoms. The van der Waals surface area contributed by atoms with Gasteiger partial charge in [0.25, 0.3) is 0 Å². The van der Waals surface area contributed by atoms with Crippen molar-refractivity contribution in [1.29, 1.82) is 0 Å². The highest BCUT2D eigenvalue weighted by Gasteiger charge is 2.18. The molecule has 0 aromatic heterocycles. The summed E-state index contributed by atoms with van der Waals surface area (Å²) in [6, 6.07) is 5.02. The van der Waals surface area contributed by atoms with Crippen LogP contribution < -0.4 is 5.32 Å². The van der Waals surface area contributed by atoms with Crippen LogP contribution in [0.3, 0.4) is 0 Å². The van der Waals surface area contributed by atoms with Crippen LogP contribution in [-0.2, 0) is 9.59 Å². The van der Waals surface area contributed by atoms with E-state index in [-0.39, 0.29) is 5.91 Å². The van der Waals surface area contributed by atoms with E-state index in [1.807, 2.05) is 0 Å². The molecule has 0 atom stereocenters. The molecule has 1 aliphatic heterocycles. The van der Waals surface area contributed by atoms with Gasteiger partial charge in [0.1, 0.15) is 6.29 Å². The molecule has 5 nitrogen and oxygen atoms in total. The number of halogens is 2. The van der Waals surface area contributed by atoms with E-state index >= 15 is 0 Å². The molecule has 7 heteroatoms. The fourth-order valence-corrected chi connectivity index (χ4v) is 2.68. The normalized spacial score (nSPS) is 16.5. The average Bonchev–Trinajstić information content (AvgIpc) is 2.50. The van der Waals surface area contributed by atoms with E-state index < -0.39 is 0 Å². The Morgan fingerprint density at radius 2 is 1.82 bits per heavy atom. The van der Waals surface area contributed by atoms with Gasteiger partial charge in [-0.25, -0.2) is 0 Å². The summed E-state index contributed by atoms with van der Waals surface area (Å²) in [6.07, 6.45) is 1.51. The van der Waals surface area contributed by atoms with E-state index in [1.165, 1.54) is 0 Å². The van der Waals surface area contributed by atoms with Gasteiger partial charge in [0.2, 0.25) is 5.91 Å². The van der Waals surface area contributed by atoms with Crippen molar-refractivity contribution >= 4 is 41.1 Å². The number of carbonyl (C=O) groups is 2. The van der Waals surface area contributed by atoms with Gasteiger partial charge >= 0.3 is 0 Å². The van der Waals surface area contributed by atoms with Crippen LogP contribution in [0.4, 0.5) is 5.69 Å². The highest BCUT2D eigenvalue weighted by atomic mass is 35.5. The summed E-state index contributed by atoms with van der Waals surface area (Å²) in [5.41, 5.74) is 0.643. The maximum absolute atomic E-state index is 12.0. The van der Waals surface area contributed by atoms with Crippen LogP contribution in [0.2, 0.25) is 10.0 Å². The number of rotatable bonds is 6. The average molecular weight is 344 g/mol. The minimum absolute atomic E-state index is 0.0697. The van der Waals surface area contributed by atoms with E-state index in [0.29, 0.717) is 28.7 Å². The molecule has 0 aliphatic carbocycles. The molecule has 0 unspecified atom stereocenters. The van der Waals surface area contributed by atoms with Crippen molar-refractivity contribution in [2.75, 3.05) is 44.6 Å². The molecule has 0 bridgehead atoms. The highest BCUT2D eigenvalue weighted by Crippen LogP contribution is 2.24. The molecule has 1 saturated heterocycles. The van der Waals surface area contributed by atoms with Crippen LogP contribution in [-0.4, -0.2) is 61.3 Å². The quantitative estimate of drug-likeness (QED) is 0.804. The summed E-state index contributed by atoms with van der Waals surface area (Å²) in [7, 11) is 0. The van der Waals surface area contributed by atoms with Crippen molar-refractivity contribution in [2.45, 2.75) is 6.42 Å². The Morgan fingerprint density at radius 3 is 2.45 bits per heavy atom. The Labute approximate surface area is 140 Å². The van der Waals surface area contributed by atoms with Gasteiger partial charge < -0.3 is 15.0 Å². The zero-order valence-corrected chi connectivity index (χ0v) is 13.7. The van der Waals surface area contributed by atoms with Crippen molar-refractivity contribution in [3.63, 3.8) is 0 Å². The van der Waals surface area contributed by atoms with Crippen molar-refractivity contribution < 1.29 is 9.59 Å². The minimum atomic E-state index is -0.0697. The molecule has 0 spiro atoms. The van der Waals surface area contributed by atoms with Gasteiger partial charge in [-0.2, -0.15) is 0 Å². The van der Waals surface area contributed by atoms with Crippen LogP contribution in [0.15, 0.2) is 18.2 Å². The lowest BCUT2D eigenvalue weighted by Gasteiger charge is -2.33. The molecule has 1 N–H and O–H groups in total. The zero-order valence-electron chi connectivity index (χ0n) is 12.2. The topological polar surface area (TPSA) is 52.7 Å². The van der Waals surface area contributed by atoms with E-state index in [9.17, 15) is 9.59 Å². The summed E-state index contributed by atoms with van der Waals surface area (Å²) < 4.78 is 0. The van der Waals surface area contributed by atoms with E-state index in [2.05, 4.69) is 15.1 Å². The number of carbonyl (C=O) groups excluding carboxylic acids is 2. The number of nitrogens with one attached hydrogen (secondary N) is 1. The summed E-state index contributed by atoms with van der Waals surface area (Å²) in [5.74, 6) is -0.0697. The molecule has 1 aliphatic rings.